The molecule has 1 nitrogen and oxygen atoms in total. The van der Waals surface area contributed by atoms with Crippen molar-refractivity contribution in [3.8, 4) is 0 Å². The second kappa shape index (κ2) is 3.16. The second-order valence-corrected chi connectivity index (χ2v) is 4.14. The Labute approximate surface area is 84.1 Å². The van der Waals surface area contributed by atoms with E-state index in [1.54, 1.807) is 5.57 Å². The first kappa shape index (κ1) is 8.10. The van der Waals surface area contributed by atoms with Crippen molar-refractivity contribution in [2.24, 2.45) is 0 Å². The zero-order valence-electron chi connectivity index (χ0n) is 8.22. The average Bonchev–Trinajstić information content (AvgIpc) is 2.29. The van der Waals surface area contributed by atoms with Crippen LogP contribution in [-0.4, -0.2) is 6.04 Å². The summed E-state index contributed by atoms with van der Waals surface area (Å²) in [7, 11) is 0. The third-order valence-electron chi connectivity index (χ3n) is 3.26. The van der Waals surface area contributed by atoms with Gasteiger partial charge in [-0.05, 0) is 30.1 Å². The van der Waals surface area contributed by atoms with Crippen LogP contribution in [0.15, 0.2) is 24.3 Å². The Morgan fingerprint density at radius 2 is 2.14 bits per heavy atom. The predicted molar refractivity (Wildman–Crippen MR) is 57.9 cm³/mol. The molecule has 1 aromatic carbocycles. The molecule has 0 aromatic heterocycles. The Hall–Kier alpha value is -1.24. The highest BCUT2D eigenvalue weighted by Crippen LogP contribution is 2.24. The molecule has 1 atom stereocenters. The molecule has 1 unspecified atom stereocenters. The van der Waals surface area contributed by atoms with Crippen LogP contribution in [-0.2, 0) is 0 Å². The molecule has 1 heterocycles. The van der Waals surface area contributed by atoms with Crippen molar-refractivity contribution in [1.82, 2.24) is 5.32 Å². The Kier molecular flexibility index (Phi) is 1.83. The Balaban J connectivity index is 2.27. The lowest BCUT2D eigenvalue weighted by atomic mass is 9.87. The van der Waals surface area contributed by atoms with Gasteiger partial charge in [-0.3, -0.25) is 0 Å². The summed E-state index contributed by atoms with van der Waals surface area (Å²) in [6.45, 7) is 0. The summed E-state index contributed by atoms with van der Waals surface area (Å²) < 4.78 is 0. The predicted octanol–water partition coefficient (Wildman–Crippen LogP) is 0.998. The lowest BCUT2D eigenvalue weighted by Gasteiger charge is -2.28. The molecule has 1 saturated carbocycles. The number of hydrogen-bond donors (Lipinski definition) is 1. The van der Waals surface area contributed by atoms with E-state index in [1.807, 2.05) is 0 Å². The van der Waals surface area contributed by atoms with Crippen LogP contribution in [0.2, 0.25) is 0 Å². The van der Waals surface area contributed by atoms with Crippen molar-refractivity contribution >= 4 is 11.8 Å². The van der Waals surface area contributed by atoms with E-state index in [0.29, 0.717) is 6.04 Å². The summed E-state index contributed by atoms with van der Waals surface area (Å²) >= 11 is 0. The number of fused-ring (bicyclic) bond motifs is 2. The summed E-state index contributed by atoms with van der Waals surface area (Å²) in [6.07, 6.45) is 8.53. The maximum Gasteiger partial charge on any atom is 0.0666 e. The second-order valence-electron chi connectivity index (χ2n) is 4.14. The smallest absolute Gasteiger partial charge is 0.0666 e. The number of benzene rings is 1. The summed E-state index contributed by atoms with van der Waals surface area (Å²) in [4.78, 5) is 0. The van der Waals surface area contributed by atoms with E-state index in [2.05, 4.69) is 35.8 Å². The molecule has 2 aliphatic rings. The average molecular weight is 184 g/mol. The van der Waals surface area contributed by atoms with Crippen LogP contribution in [0, 0.1) is 0 Å². The van der Waals surface area contributed by atoms with Gasteiger partial charge in [-0.15, -0.1) is 0 Å². The minimum absolute atomic E-state index is 0.568. The summed E-state index contributed by atoms with van der Waals surface area (Å²) in [5.41, 5.74) is 1.60. The van der Waals surface area contributed by atoms with E-state index >= 15 is 0 Å². The third kappa shape index (κ3) is 1.16. The molecule has 1 aliphatic carbocycles. The normalized spacial score (nSPS) is 24.3. The van der Waals surface area contributed by atoms with E-state index in [-0.39, 0.29) is 0 Å². The maximum absolute atomic E-state index is 3.39. The van der Waals surface area contributed by atoms with Gasteiger partial charge in [-0.1, -0.05) is 30.7 Å². The standard InChI is InChI=1S/C13H14N/c1-2-6-11-10(5-1)9-14-13-8-4-3-7-12(11)13/h1-2,5-6,13-14H,3-4,7-8H2. The Morgan fingerprint density at radius 3 is 3.14 bits per heavy atom. The van der Waals surface area contributed by atoms with Crippen LogP contribution in [0.25, 0.3) is 11.8 Å². The van der Waals surface area contributed by atoms with Gasteiger partial charge < -0.3 is 5.32 Å². The van der Waals surface area contributed by atoms with E-state index < -0.39 is 0 Å². The van der Waals surface area contributed by atoms with Crippen LogP contribution in [0.4, 0.5) is 0 Å². The number of rotatable bonds is 0. The SMILES string of the molecule is [C]1=c2ccccc2=C2CCCCC2N1. The molecule has 71 valence electrons. The maximum atomic E-state index is 3.39. The largest absolute Gasteiger partial charge is 0.376 e. The van der Waals surface area contributed by atoms with Gasteiger partial charge >= 0.3 is 0 Å². The monoisotopic (exact) mass is 184 g/mol. The van der Waals surface area contributed by atoms with Gasteiger partial charge in [0.05, 0.1) is 6.20 Å². The Bertz CT molecular complexity index is 458. The van der Waals surface area contributed by atoms with Gasteiger partial charge in [0.2, 0.25) is 0 Å². The molecule has 0 saturated heterocycles. The molecule has 3 rings (SSSR count). The van der Waals surface area contributed by atoms with Crippen LogP contribution in [0.3, 0.4) is 0 Å². The number of hydrogen-bond acceptors (Lipinski definition) is 1. The lowest BCUT2D eigenvalue weighted by Crippen LogP contribution is -2.43. The van der Waals surface area contributed by atoms with Crippen molar-refractivity contribution in [2.45, 2.75) is 31.7 Å². The zero-order chi connectivity index (χ0) is 9.38. The fraction of sp³-hybridized carbons (Fsp3) is 0.385. The lowest BCUT2D eigenvalue weighted by molar-refractivity contribution is 0.544. The first-order valence-electron chi connectivity index (χ1n) is 5.42. The molecule has 1 heteroatoms. The van der Waals surface area contributed by atoms with E-state index in [0.717, 1.165) is 0 Å². The van der Waals surface area contributed by atoms with E-state index in [9.17, 15) is 0 Å². The minimum atomic E-state index is 0.568. The molecule has 1 radical (unpaired) electrons. The number of nitrogens with one attached hydrogen (secondary N) is 1. The zero-order valence-corrected chi connectivity index (χ0v) is 8.22. The molecule has 14 heavy (non-hydrogen) atoms. The first-order chi connectivity index (χ1) is 6.95. The molecule has 0 spiro atoms. The molecule has 1 N–H and O–H groups in total. The summed E-state index contributed by atoms with van der Waals surface area (Å²) in [5.74, 6) is 0. The van der Waals surface area contributed by atoms with Crippen molar-refractivity contribution in [2.75, 3.05) is 0 Å². The highest BCUT2D eigenvalue weighted by Gasteiger charge is 2.20. The van der Waals surface area contributed by atoms with Gasteiger partial charge in [-0.25, -0.2) is 0 Å². The molecule has 1 aliphatic heterocycles. The fourth-order valence-electron chi connectivity index (χ4n) is 2.53. The van der Waals surface area contributed by atoms with Gasteiger partial charge in [-0.2, -0.15) is 0 Å². The molecule has 1 aromatic rings. The van der Waals surface area contributed by atoms with Crippen LogP contribution in [0.1, 0.15) is 25.7 Å². The van der Waals surface area contributed by atoms with Gasteiger partial charge in [0.25, 0.3) is 0 Å². The molecular weight excluding hydrogens is 170 g/mol. The summed E-state index contributed by atoms with van der Waals surface area (Å²) in [6, 6.07) is 9.15. The van der Waals surface area contributed by atoms with Crippen molar-refractivity contribution in [1.29, 1.82) is 0 Å². The summed E-state index contributed by atoms with van der Waals surface area (Å²) in [5, 5.41) is 6.05. The van der Waals surface area contributed by atoms with Crippen molar-refractivity contribution in [3.05, 3.63) is 34.7 Å². The third-order valence-corrected chi connectivity index (χ3v) is 3.26. The highest BCUT2D eigenvalue weighted by molar-refractivity contribution is 5.56. The van der Waals surface area contributed by atoms with Gasteiger partial charge in [0.1, 0.15) is 0 Å². The fourth-order valence-corrected chi connectivity index (χ4v) is 2.53. The first-order valence-corrected chi connectivity index (χ1v) is 5.42. The molecule has 0 bridgehead atoms. The van der Waals surface area contributed by atoms with Crippen LogP contribution >= 0.6 is 0 Å². The van der Waals surface area contributed by atoms with Gasteiger partial charge in [0.15, 0.2) is 0 Å². The molecule has 1 fully saturated rings. The highest BCUT2D eigenvalue weighted by atomic mass is 14.9. The van der Waals surface area contributed by atoms with Crippen LogP contribution in [0.5, 0.6) is 0 Å². The van der Waals surface area contributed by atoms with Gasteiger partial charge in [0, 0.05) is 11.3 Å². The Morgan fingerprint density at radius 1 is 1.21 bits per heavy atom. The van der Waals surface area contributed by atoms with E-state index in [4.69, 9.17) is 0 Å². The quantitative estimate of drug-likeness (QED) is 0.634. The van der Waals surface area contributed by atoms with E-state index in [1.165, 1.54) is 36.1 Å². The van der Waals surface area contributed by atoms with Crippen molar-refractivity contribution < 1.29 is 0 Å². The van der Waals surface area contributed by atoms with Crippen LogP contribution < -0.4 is 15.8 Å². The van der Waals surface area contributed by atoms with Crippen molar-refractivity contribution in [3.63, 3.8) is 0 Å². The molecular formula is C13H14N. The minimum Gasteiger partial charge on any atom is -0.376 e. The molecule has 0 amide bonds. The topological polar surface area (TPSA) is 12.0 Å².